The van der Waals surface area contributed by atoms with Gasteiger partial charge in [0.2, 0.25) is 11.8 Å². The van der Waals surface area contributed by atoms with Gasteiger partial charge in [-0.1, -0.05) is 12.1 Å². The predicted molar refractivity (Wildman–Crippen MR) is 112 cm³/mol. The summed E-state index contributed by atoms with van der Waals surface area (Å²) in [6.07, 6.45) is -5.28. The van der Waals surface area contributed by atoms with Crippen LogP contribution in [0.25, 0.3) is 0 Å². The number of sulfonamides is 1. The first-order valence-electron chi connectivity index (χ1n) is 10.0. The maximum atomic E-state index is 12.9. The summed E-state index contributed by atoms with van der Waals surface area (Å²) in [4.78, 5) is 49.1. The second-order valence-electron chi connectivity index (χ2n) is 7.76. The molecule has 184 valence electrons. The van der Waals surface area contributed by atoms with Gasteiger partial charge in [0.15, 0.2) is 5.75 Å². The molecule has 2 aromatic carbocycles. The average Bonchev–Trinajstić information content (AvgIpc) is 2.98. The van der Waals surface area contributed by atoms with Crippen molar-refractivity contribution in [3.05, 3.63) is 53.1 Å². The van der Waals surface area contributed by atoms with E-state index in [0.29, 0.717) is 4.90 Å². The van der Waals surface area contributed by atoms with E-state index in [1.54, 1.807) is 0 Å². The number of amides is 4. The molecule has 4 rings (SSSR count). The monoisotopic (exact) mass is 511 g/mol. The lowest BCUT2D eigenvalue weighted by molar-refractivity contribution is -0.275. The number of rotatable bonds is 5. The molecule has 1 saturated heterocycles. The van der Waals surface area contributed by atoms with Gasteiger partial charge in [0.05, 0.1) is 11.1 Å². The van der Waals surface area contributed by atoms with Crippen molar-refractivity contribution in [1.29, 1.82) is 0 Å². The molecule has 0 spiro atoms. The number of carbonyl (C=O) groups excluding carboxylic acids is 4. The number of nitrogens with one attached hydrogen (secondary N) is 2. The minimum absolute atomic E-state index is 0.0645. The fraction of sp³-hybridized carbons (Fsp3) is 0.238. The van der Waals surface area contributed by atoms with Gasteiger partial charge in [-0.25, -0.2) is 8.42 Å². The summed E-state index contributed by atoms with van der Waals surface area (Å²) in [6.45, 7) is 1.24. The zero-order chi connectivity index (χ0) is 25.7. The Kier molecular flexibility index (Phi) is 5.79. The molecule has 1 atom stereocenters. The van der Waals surface area contributed by atoms with Crippen molar-refractivity contribution in [1.82, 2.24) is 10.2 Å². The van der Waals surface area contributed by atoms with Crippen LogP contribution in [0.4, 0.5) is 18.9 Å². The van der Waals surface area contributed by atoms with Gasteiger partial charge in [0, 0.05) is 12.1 Å². The first kappa shape index (κ1) is 24.2. The molecule has 0 radical (unpaired) electrons. The van der Waals surface area contributed by atoms with Gasteiger partial charge < -0.3 is 4.74 Å². The van der Waals surface area contributed by atoms with E-state index < -0.39 is 56.7 Å². The molecule has 35 heavy (non-hydrogen) atoms. The minimum Gasteiger partial charge on any atom is -0.404 e. The summed E-state index contributed by atoms with van der Waals surface area (Å²) >= 11 is 0. The molecule has 1 fully saturated rings. The van der Waals surface area contributed by atoms with E-state index in [0.717, 1.165) is 24.3 Å². The fourth-order valence-corrected chi connectivity index (χ4v) is 5.08. The molecule has 0 bridgehead atoms. The quantitative estimate of drug-likeness (QED) is 0.586. The van der Waals surface area contributed by atoms with Crippen LogP contribution in [0.2, 0.25) is 0 Å². The van der Waals surface area contributed by atoms with Gasteiger partial charge in [-0.2, -0.15) is 0 Å². The lowest BCUT2D eigenvalue weighted by atomic mass is 10.0. The summed E-state index contributed by atoms with van der Waals surface area (Å²) in [5, 5.41) is 2.05. The molecule has 1 unspecified atom stereocenters. The lowest BCUT2D eigenvalue weighted by Gasteiger charge is -2.27. The van der Waals surface area contributed by atoms with E-state index in [2.05, 4.69) is 14.8 Å². The van der Waals surface area contributed by atoms with Gasteiger partial charge in [-0.15, -0.1) is 13.2 Å². The van der Waals surface area contributed by atoms with Crippen LogP contribution >= 0.6 is 0 Å². The number of carbonyl (C=O) groups is 4. The maximum Gasteiger partial charge on any atom is 0.573 e. The first-order chi connectivity index (χ1) is 16.3. The van der Waals surface area contributed by atoms with Crippen LogP contribution in [0.5, 0.6) is 5.75 Å². The summed E-state index contributed by atoms with van der Waals surface area (Å²) < 4.78 is 70.2. The number of hydrogen-bond donors (Lipinski definition) is 2. The number of hydrogen-bond acceptors (Lipinski definition) is 7. The standard InChI is InChI=1S/C21H16F3N3O7S/c1-10-3-2-4-15(17(10)34-21(22,23)24)35(32,33)26-11-5-6-12-13(9-11)20(31)27(19(12)30)14-7-8-16(28)25-18(14)29/h2-6,9,14,26H,7-8H2,1H3,(H,25,28,29). The molecule has 4 amide bonds. The molecule has 2 N–H and O–H groups in total. The van der Waals surface area contributed by atoms with Crippen molar-refractivity contribution in [3.63, 3.8) is 0 Å². The van der Waals surface area contributed by atoms with Crippen molar-refractivity contribution in [2.24, 2.45) is 0 Å². The molecule has 0 saturated carbocycles. The van der Waals surface area contributed by atoms with Crippen molar-refractivity contribution >= 4 is 39.3 Å². The smallest absolute Gasteiger partial charge is 0.404 e. The highest BCUT2D eigenvalue weighted by molar-refractivity contribution is 7.92. The summed E-state index contributed by atoms with van der Waals surface area (Å²) in [7, 11) is -4.62. The Balaban J connectivity index is 1.64. The highest BCUT2D eigenvalue weighted by Gasteiger charge is 2.44. The fourth-order valence-electron chi connectivity index (χ4n) is 3.83. The number of nitrogens with zero attached hydrogens (tertiary/aromatic N) is 1. The number of fused-ring (bicyclic) bond motifs is 1. The van der Waals surface area contributed by atoms with Crippen molar-refractivity contribution in [2.45, 2.75) is 37.1 Å². The molecular formula is C21H16F3N3O7S. The van der Waals surface area contributed by atoms with E-state index >= 15 is 0 Å². The lowest BCUT2D eigenvalue weighted by Crippen LogP contribution is -2.54. The highest BCUT2D eigenvalue weighted by atomic mass is 32.2. The third-order valence-electron chi connectivity index (χ3n) is 5.38. The van der Waals surface area contributed by atoms with Crippen LogP contribution in [0.15, 0.2) is 41.3 Å². The predicted octanol–water partition coefficient (Wildman–Crippen LogP) is 2.10. The van der Waals surface area contributed by atoms with Crippen molar-refractivity contribution < 1.29 is 45.5 Å². The third kappa shape index (κ3) is 4.56. The van der Waals surface area contributed by atoms with Gasteiger partial charge in [0.1, 0.15) is 10.9 Å². The number of benzene rings is 2. The maximum absolute atomic E-state index is 12.9. The first-order valence-corrected chi connectivity index (χ1v) is 11.5. The highest BCUT2D eigenvalue weighted by Crippen LogP contribution is 2.35. The van der Waals surface area contributed by atoms with Gasteiger partial charge in [0.25, 0.3) is 21.8 Å². The number of imide groups is 2. The van der Waals surface area contributed by atoms with E-state index in [4.69, 9.17) is 0 Å². The van der Waals surface area contributed by atoms with Crippen LogP contribution in [-0.4, -0.2) is 49.4 Å². The van der Waals surface area contributed by atoms with Crippen molar-refractivity contribution in [3.8, 4) is 5.75 Å². The largest absolute Gasteiger partial charge is 0.573 e. The summed E-state index contributed by atoms with van der Waals surface area (Å²) in [5.41, 5.74) is -0.607. The van der Waals surface area contributed by atoms with Crippen LogP contribution in [-0.2, 0) is 19.6 Å². The van der Waals surface area contributed by atoms with E-state index in [9.17, 15) is 40.8 Å². The molecule has 0 aliphatic carbocycles. The van der Waals surface area contributed by atoms with Crippen LogP contribution in [0.3, 0.4) is 0 Å². The van der Waals surface area contributed by atoms with Crippen LogP contribution in [0.1, 0.15) is 39.1 Å². The molecule has 2 aromatic rings. The van der Waals surface area contributed by atoms with Gasteiger partial charge >= 0.3 is 6.36 Å². The normalized spacial score (nSPS) is 18.4. The SMILES string of the molecule is Cc1cccc(S(=O)(=O)Nc2ccc3c(c2)C(=O)N(C2CCC(=O)NC2=O)C3=O)c1OC(F)(F)F. The number of halogens is 3. The van der Waals surface area contributed by atoms with Crippen molar-refractivity contribution in [2.75, 3.05) is 4.72 Å². The van der Waals surface area contributed by atoms with Crippen LogP contribution in [0, 0.1) is 6.92 Å². The minimum atomic E-state index is -5.14. The Bertz CT molecular complexity index is 1390. The number of alkyl halides is 3. The number of anilines is 1. The molecule has 2 aliphatic heterocycles. The zero-order valence-electron chi connectivity index (χ0n) is 17.8. The Morgan fingerprint density at radius 3 is 2.40 bits per heavy atom. The second kappa shape index (κ2) is 8.37. The Morgan fingerprint density at radius 1 is 1.06 bits per heavy atom. The second-order valence-corrected chi connectivity index (χ2v) is 9.41. The molecule has 14 heteroatoms. The third-order valence-corrected chi connectivity index (χ3v) is 6.78. The number of aryl methyl sites for hydroxylation is 1. The topological polar surface area (TPSA) is 139 Å². The van der Waals surface area contributed by atoms with Gasteiger partial charge in [-0.3, -0.25) is 34.1 Å². The summed E-state index contributed by atoms with van der Waals surface area (Å²) in [6, 6.07) is 5.52. The van der Waals surface area contributed by atoms with E-state index in [-0.39, 0.29) is 35.2 Å². The average molecular weight is 511 g/mol. The molecule has 2 heterocycles. The van der Waals surface area contributed by atoms with Crippen LogP contribution < -0.4 is 14.8 Å². The molecule has 0 aromatic heterocycles. The summed E-state index contributed by atoms with van der Waals surface area (Å²) in [5.74, 6) is -3.94. The number of piperidine rings is 1. The molecule has 2 aliphatic rings. The Labute approximate surface area is 196 Å². The zero-order valence-corrected chi connectivity index (χ0v) is 18.6. The molecule has 10 nitrogen and oxygen atoms in total. The van der Waals surface area contributed by atoms with E-state index in [1.165, 1.54) is 19.1 Å². The number of para-hydroxylation sites is 1. The Hall–Kier alpha value is -3.94. The number of ether oxygens (including phenoxy) is 1. The van der Waals surface area contributed by atoms with Gasteiger partial charge in [-0.05, 0) is 43.2 Å². The molecular weight excluding hydrogens is 495 g/mol. The Morgan fingerprint density at radius 2 is 1.74 bits per heavy atom. The van der Waals surface area contributed by atoms with E-state index in [1.807, 2.05) is 0 Å².